The number of nitrogens with zero attached hydrogens (tertiary/aromatic N) is 2. The van der Waals surface area contributed by atoms with E-state index in [2.05, 4.69) is 10.7 Å². The van der Waals surface area contributed by atoms with Crippen molar-refractivity contribution in [1.82, 2.24) is 10.2 Å². The van der Waals surface area contributed by atoms with Gasteiger partial charge in [0.25, 0.3) is 15.9 Å². The molecule has 0 aliphatic rings. The lowest BCUT2D eigenvalue weighted by molar-refractivity contribution is 0.0941. The minimum Gasteiger partial charge on any atom is -0.497 e. The standard InChI is InChI=1S/C23H27N3O4S2/c1-25(2)22(18-12-13-31-16-18)15-24-23(27)17-6-5-7-21(14-17)32(28,29)26(3)19-8-10-20(30-4)11-9-19/h5-14,16,22H,15H2,1-4H3,(H,24,27). The van der Waals surface area contributed by atoms with Crippen LogP contribution in [0.3, 0.4) is 0 Å². The van der Waals surface area contributed by atoms with E-state index < -0.39 is 10.0 Å². The third-order valence-electron chi connectivity index (χ3n) is 5.20. The first-order valence-electron chi connectivity index (χ1n) is 9.94. The SMILES string of the molecule is COc1ccc(N(C)S(=O)(=O)c2cccc(C(=O)NCC(c3ccsc3)N(C)C)c2)cc1. The molecule has 1 N–H and O–H groups in total. The van der Waals surface area contributed by atoms with Crippen molar-refractivity contribution in [2.45, 2.75) is 10.9 Å². The fourth-order valence-electron chi connectivity index (χ4n) is 3.24. The van der Waals surface area contributed by atoms with Crippen molar-refractivity contribution in [3.05, 3.63) is 76.5 Å². The maximum absolute atomic E-state index is 13.1. The van der Waals surface area contributed by atoms with Crippen molar-refractivity contribution in [2.75, 3.05) is 39.1 Å². The van der Waals surface area contributed by atoms with Gasteiger partial charge in [0.1, 0.15) is 5.75 Å². The Morgan fingerprint density at radius 3 is 2.41 bits per heavy atom. The highest BCUT2D eigenvalue weighted by molar-refractivity contribution is 7.92. The molecule has 3 aromatic rings. The number of carbonyl (C=O) groups excluding carboxylic acids is 1. The summed E-state index contributed by atoms with van der Waals surface area (Å²) in [4.78, 5) is 14.9. The zero-order valence-electron chi connectivity index (χ0n) is 18.5. The van der Waals surface area contributed by atoms with Gasteiger partial charge in [-0.3, -0.25) is 9.10 Å². The van der Waals surface area contributed by atoms with Crippen LogP contribution < -0.4 is 14.4 Å². The van der Waals surface area contributed by atoms with Crippen LogP contribution in [0.1, 0.15) is 22.0 Å². The van der Waals surface area contributed by atoms with E-state index in [4.69, 9.17) is 4.74 Å². The van der Waals surface area contributed by atoms with Crippen LogP contribution >= 0.6 is 11.3 Å². The number of likely N-dealkylation sites (N-methyl/N-ethyl adjacent to an activating group) is 1. The minimum absolute atomic E-state index is 0.0262. The average molecular weight is 474 g/mol. The highest BCUT2D eigenvalue weighted by atomic mass is 32.2. The van der Waals surface area contributed by atoms with E-state index in [1.54, 1.807) is 54.8 Å². The predicted molar refractivity (Wildman–Crippen MR) is 128 cm³/mol. The van der Waals surface area contributed by atoms with Gasteiger partial charge in [-0.25, -0.2) is 8.42 Å². The first-order chi connectivity index (χ1) is 15.2. The van der Waals surface area contributed by atoms with Crippen LogP contribution in [0.2, 0.25) is 0 Å². The van der Waals surface area contributed by atoms with Gasteiger partial charge in [-0.15, -0.1) is 0 Å². The van der Waals surface area contributed by atoms with E-state index in [1.165, 1.54) is 23.5 Å². The fraction of sp³-hybridized carbons (Fsp3) is 0.261. The summed E-state index contributed by atoms with van der Waals surface area (Å²) in [5.74, 6) is 0.313. The van der Waals surface area contributed by atoms with Crippen molar-refractivity contribution >= 4 is 33.0 Å². The van der Waals surface area contributed by atoms with Crippen LogP contribution in [0.25, 0.3) is 0 Å². The number of hydrogen-bond acceptors (Lipinski definition) is 6. The second-order valence-corrected chi connectivity index (χ2v) is 10.2. The number of thiophene rings is 1. The third-order valence-corrected chi connectivity index (χ3v) is 7.68. The number of amides is 1. The fourth-order valence-corrected chi connectivity index (χ4v) is 5.19. The van der Waals surface area contributed by atoms with E-state index >= 15 is 0 Å². The number of rotatable bonds is 9. The third kappa shape index (κ3) is 5.29. The predicted octanol–water partition coefficient (Wildman–Crippen LogP) is 3.61. The highest BCUT2D eigenvalue weighted by Gasteiger charge is 2.23. The molecule has 1 amide bonds. The molecule has 1 aromatic heterocycles. The van der Waals surface area contributed by atoms with Crippen molar-refractivity contribution in [3.8, 4) is 5.75 Å². The lowest BCUT2D eigenvalue weighted by Gasteiger charge is -2.24. The number of ether oxygens (including phenoxy) is 1. The van der Waals surface area contributed by atoms with E-state index in [0.29, 0.717) is 18.0 Å². The summed E-state index contributed by atoms with van der Waals surface area (Å²) in [6, 6.07) is 14.8. The summed E-state index contributed by atoms with van der Waals surface area (Å²) in [7, 11) is 3.10. The van der Waals surface area contributed by atoms with Gasteiger partial charge in [0.15, 0.2) is 0 Å². The van der Waals surface area contributed by atoms with Crippen molar-refractivity contribution in [3.63, 3.8) is 0 Å². The molecule has 2 aromatic carbocycles. The first kappa shape index (κ1) is 23.8. The zero-order valence-corrected chi connectivity index (χ0v) is 20.1. The summed E-state index contributed by atoms with van der Waals surface area (Å²) in [5.41, 5.74) is 1.90. The molecular formula is C23H27N3O4S2. The van der Waals surface area contributed by atoms with Gasteiger partial charge in [-0.2, -0.15) is 11.3 Å². The average Bonchev–Trinajstić information content (AvgIpc) is 3.33. The quantitative estimate of drug-likeness (QED) is 0.514. The molecule has 1 atom stereocenters. The highest BCUT2D eigenvalue weighted by Crippen LogP contribution is 2.25. The topological polar surface area (TPSA) is 78.9 Å². The number of nitrogens with one attached hydrogen (secondary N) is 1. The Bertz CT molecular complexity index is 1140. The minimum atomic E-state index is -3.84. The van der Waals surface area contributed by atoms with Gasteiger partial charge < -0.3 is 15.0 Å². The molecule has 3 rings (SSSR count). The second kappa shape index (κ2) is 10.2. The molecule has 0 aliphatic carbocycles. The Morgan fingerprint density at radius 2 is 1.81 bits per heavy atom. The summed E-state index contributed by atoms with van der Waals surface area (Å²) >= 11 is 1.61. The molecule has 0 saturated heterocycles. The van der Waals surface area contributed by atoms with Gasteiger partial charge in [0.05, 0.1) is 23.7 Å². The molecular weight excluding hydrogens is 446 g/mol. The van der Waals surface area contributed by atoms with Crippen LogP contribution in [0.5, 0.6) is 5.75 Å². The van der Waals surface area contributed by atoms with Gasteiger partial charge in [0, 0.05) is 19.2 Å². The van der Waals surface area contributed by atoms with Crippen LogP contribution in [-0.4, -0.2) is 54.0 Å². The van der Waals surface area contributed by atoms with Crippen LogP contribution in [0, 0.1) is 0 Å². The monoisotopic (exact) mass is 473 g/mol. The van der Waals surface area contributed by atoms with Crippen LogP contribution in [0.15, 0.2) is 70.3 Å². The summed E-state index contributed by atoms with van der Waals surface area (Å²) in [6.45, 7) is 0.408. The van der Waals surface area contributed by atoms with Crippen LogP contribution in [0.4, 0.5) is 5.69 Å². The Kier molecular flexibility index (Phi) is 7.55. The second-order valence-electron chi connectivity index (χ2n) is 7.44. The number of anilines is 1. The van der Waals surface area contributed by atoms with E-state index in [9.17, 15) is 13.2 Å². The lowest BCUT2D eigenvalue weighted by atomic mass is 10.1. The molecule has 0 bridgehead atoms. The van der Waals surface area contributed by atoms with Gasteiger partial charge in [0.2, 0.25) is 0 Å². The van der Waals surface area contributed by atoms with E-state index in [-0.39, 0.29) is 22.4 Å². The Morgan fingerprint density at radius 1 is 1.09 bits per heavy atom. The molecule has 170 valence electrons. The molecule has 0 fully saturated rings. The molecule has 7 nitrogen and oxygen atoms in total. The molecule has 0 aliphatic heterocycles. The van der Waals surface area contributed by atoms with Crippen molar-refractivity contribution in [2.24, 2.45) is 0 Å². The van der Waals surface area contributed by atoms with Crippen molar-refractivity contribution in [1.29, 1.82) is 0 Å². The molecule has 0 saturated carbocycles. The van der Waals surface area contributed by atoms with Gasteiger partial charge in [-0.1, -0.05) is 6.07 Å². The summed E-state index contributed by atoms with van der Waals surface area (Å²) < 4.78 is 32.6. The first-order valence-corrected chi connectivity index (χ1v) is 12.3. The summed E-state index contributed by atoms with van der Waals surface area (Å²) in [5, 5.41) is 6.98. The smallest absolute Gasteiger partial charge is 0.264 e. The number of carbonyl (C=O) groups is 1. The summed E-state index contributed by atoms with van der Waals surface area (Å²) in [6.07, 6.45) is 0. The van der Waals surface area contributed by atoms with Crippen LogP contribution in [-0.2, 0) is 10.0 Å². The molecule has 9 heteroatoms. The Labute approximate surface area is 193 Å². The molecule has 32 heavy (non-hydrogen) atoms. The molecule has 0 radical (unpaired) electrons. The molecule has 1 heterocycles. The molecule has 1 unspecified atom stereocenters. The molecule has 0 spiro atoms. The van der Waals surface area contributed by atoms with Gasteiger partial charge >= 0.3 is 0 Å². The maximum atomic E-state index is 13.1. The largest absolute Gasteiger partial charge is 0.497 e. The Hall–Kier alpha value is -2.88. The number of sulfonamides is 1. The normalized spacial score (nSPS) is 12.4. The number of benzene rings is 2. The number of hydrogen-bond donors (Lipinski definition) is 1. The Balaban J connectivity index is 1.76. The van der Waals surface area contributed by atoms with Crippen molar-refractivity contribution < 1.29 is 17.9 Å². The number of methoxy groups -OCH3 is 1. The maximum Gasteiger partial charge on any atom is 0.264 e. The van der Waals surface area contributed by atoms with E-state index in [0.717, 1.165) is 5.56 Å². The lowest BCUT2D eigenvalue weighted by Crippen LogP contribution is -2.34. The van der Waals surface area contributed by atoms with E-state index in [1.807, 2.05) is 30.4 Å². The van der Waals surface area contributed by atoms with Gasteiger partial charge in [-0.05, 0) is 78.9 Å². The zero-order chi connectivity index (χ0) is 23.3.